The summed E-state index contributed by atoms with van der Waals surface area (Å²) in [5.74, 6) is 0.840. The fraction of sp³-hybridized carbons (Fsp3) is 0.600. The smallest absolute Gasteiger partial charge is 0.285 e. The van der Waals surface area contributed by atoms with Crippen LogP contribution in [0.3, 0.4) is 0 Å². The van der Waals surface area contributed by atoms with Crippen LogP contribution in [0.25, 0.3) is 0 Å². The zero-order valence-corrected chi connectivity index (χ0v) is 18.8. The zero-order valence-electron chi connectivity index (χ0n) is 17.2. The fourth-order valence-electron chi connectivity index (χ4n) is 5.15. The summed E-state index contributed by atoms with van der Waals surface area (Å²) in [6, 6.07) is 6.39. The van der Waals surface area contributed by atoms with Crippen molar-refractivity contribution in [3.63, 3.8) is 0 Å². The van der Waals surface area contributed by atoms with Gasteiger partial charge >= 0.3 is 0 Å². The molecule has 4 aliphatic heterocycles. The third kappa shape index (κ3) is 3.76. The topological polar surface area (TPSA) is 107 Å². The highest BCUT2D eigenvalue weighted by Gasteiger charge is 2.41. The van der Waals surface area contributed by atoms with Crippen molar-refractivity contribution in [2.24, 2.45) is 4.40 Å². The maximum atomic E-state index is 13.3. The van der Waals surface area contributed by atoms with Crippen LogP contribution in [0.15, 0.2) is 33.6 Å². The molecule has 0 spiro atoms. The van der Waals surface area contributed by atoms with Gasteiger partial charge in [0, 0.05) is 44.3 Å². The molecule has 4 aliphatic rings. The van der Waals surface area contributed by atoms with E-state index in [0.717, 1.165) is 6.42 Å². The molecule has 0 N–H and O–H groups in total. The van der Waals surface area contributed by atoms with E-state index in [1.54, 1.807) is 24.3 Å². The van der Waals surface area contributed by atoms with E-state index in [-0.39, 0.29) is 28.4 Å². The van der Waals surface area contributed by atoms with E-state index in [1.165, 1.54) is 0 Å². The number of rotatable bonds is 2. The lowest BCUT2D eigenvalue weighted by Crippen LogP contribution is -2.56. The third-order valence-corrected chi connectivity index (χ3v) is 9.85. The van der Waals surface area contributed by atoms with Gasteiger partial charge in [-0.1, -0.05) is 12.1 Å². The number of hydrogen-bond donors (Lipinski definition) is 0. The number of carbonyl (C=O) groups is 1. The Hall–Kier alpha value is -1.98. The molecule has 168 valence electrons. The van der Waals surface area contributed by atoms with Gasteiger partial charge in [0.2, 0.25) is 5.91 Å². The molecule has 1 amide bonds. The number of sulfonamides is 1. The third-order valence-electron chi connectivity index (χ3n) is 6.77. The zero-order chi connectivity index (χ0) is 21.8. The second-order valence-corrected chi connectivity index (χ2v) is 12.5. The van der Waals surface area contributed by atoms with Gasteiger partial charge in [0.15, 0.2) is 15.7 Å². The molecular weight excluding hydrogens is 440 g/mol. The van der Waals surface area contributed by atoms with Gasteiger partial charge in [0.25, 0.3) is 10.0 Å². The van der Waals surface area contributed by atoms with E-state index in [9.17, 15) is 21.6 Å². The average molecular weight is 467 g/mol. The second-order valence-electron chi connectivity index (χ2n) is 8.66. The molecule has 0 saturated carbocycles. The number of likely N-dealkylation sites (tertiary alicyclic amines) is 1. The predicted octanol–water partition coefficient (Wildman–Crippen LogP) is -0.0688. The van der Waals surface area contributed by atoms with Crippen molar-refractivity contribution in [2.45, 2.75) is 36.2 Å². The Kier molecular flexibility index (Phi) is 5.10. The normalized spacial score (nSPS) is 29.7. The molecule has 2 atom stereocenters. The van der Waals surface area contributed by atoms with Crippen LogP contribution >= 0.6 is 0 Å². The Balaban J connectivity index is 1.29. The minimum absolute atomic E-state index is 0.000623. The van der Waals surface area contributed by atoms with Crippen LogP contribution in [0.1, 0.15) is 24.8 Å². The quantitative estimate of drug-likeness (QED) is 0.601. The van der Waals surface area contributed by atoms with Gasteiger partial charge in [-0.15, -0.1) is 4.40 Å². The molecule has 5 rings (SSSR count). The molecule has 0 bridgehead atoms. The molecule has 1 aromatic rings. The van der Waals surface area contributed by atoms with Crippen molar-refractivity contribution < 1.29 is 21.6 Å². The summed E-state index contributed by atoms with van der Waals surface area (Å²) in [6.07, 6.45) is 2.14. The van der Waals surface area contributed by atoms with Crippen LogP contribution in [-0.4, -0.2) is 99.6 Å². The van der Waals surface area contributed by atoms with Gasteiger partial charge in [0.1, 0.15) is 10.9 Å². The number of sulfone groups is 1. The van der Waals surface area contributed by atoms with E-state index in [0.29, 0.717) is 57.0 Å². The Labute approximate surface area is 182 Å². The Morgan fingerprint density at radius 3 is 2.42 bits per heavy atom. The van der Waals surface area contributed by atoms with Crippen molar-refractivity contribution in [3.8, 4) is 0 Å². The lowest BCUT2D eigenvalue weighted by molar-refractivity contribution is -0.136. The Morgan fingerprint density at radius 2 is 1.71 bits per heavy atom. The lowest BCUT2D eigenvalue weighted by atomic mass is 10.1. The van der Waals surface area contributed by atoms with Crippen molar-refractivity contribution >= 4 is 31.6 Å². The van der Waals surface area contributed by atoms with Crippen LogP contribution < -0.4 is 0 Å². The number of hydrogen-bond acceptors (Lipinski definition) is 7. The summed E-state index contributed by atoms with van der Waals surface area (Å²) >= 11 is 0. The highest BCUT2D eigenvalue weighted by molar-refractivity contribution is 7.91. The van der Waals surface area contributed by atoms with Crippen molar-refractivity contribution in [1.82, 2.24) is 14.7 Å². The Morgan fingerprint density at radius 1 is 0.968 bits per heavy atom. The molecule has 1 aromatic carbocycles. The highest BCUT2D eigenvalue weighted by Crippen LogP contribution is 2.32. The number of piperazine rings is 1. The molecule has 9 nitrogen and oxygen atoms in total. The van der Waals surface area contributed by atoms with Crippen LogP contribution in [0.5, 0.6) is 0 Å². The molecule has 11 heteroatoms. The maximum absolute atomic E-state index is 13.3. The minimum Gasteiger partial charge on any atom is -0.343 e. The first-order valence-corrected chi connectivity index (χ1v) is 14.0. The molecule has 0 aliphatic carbocycles. The van der Waals surface area contributed by atoms with Gasteiger partial charge in [-0.05, 0) is 31.4 Å². The van der Waals surface area contributed by atoms with Gasteiger partial charge in [0.05, 0.1) is 11.5 Å². The van der Waals surface area contributed by atoms with E-state index in [2.05, 4.69) is 9.30 Å². The van der Waals surface area contributed by atoms with Crippen molar-refractivity contribution in [1.29, 1.82) is 0 Å². The van der Waals surface area contributed by atoms with Gasteiger partial charge in [-0.3, -0.25) is 9.69 Å². The number of benzene rings is 1. The van der Waals surface area contributed by atoms with Crippen molar-refractivity contribution in [3.05, 3.63) is 29.8 Å². The van der Waals surface area contributed by atoms with E-state index >= 15 is 0 Å². The lowest BCUT2D eigenvalue weighted by Gasteiger charge is -2.39. The molecule has 0 radical (unpaired) electrons. The summed E-state index contributed by atoms with van der Waals surface area (Å²) in [5, 5.41) is 0. The summed E-state index contributed by atoms with van der Waals surface area (Å²) in [6.45, 7) is 3.04. The molecule has 1 unspecified atom stereocenters. The number of nitrogens with zero attached hydrogens (tertiary/aromatic N) is 4. The predicted molar refractivity (Wildman–Crippen MR) is 115 cm³/mol. The molecular formula is C20H26N4O5S2. The van der Waals surface area contributed by atoms with E-state index in [4.69, 9.17) is 0 Å². The van der Waals surface area contributed by atoms with Crippen LogP contribution in [0.4, 0.5) is 0 Å². The first-order chi connectivity index (χ1) is 14.8. The number of fused-ring (bicyclic) bond motifs is 1. The summed E-state index contributed by atoms with van der Waals surface area (Å²) < 4.78 is 52.5. The summed E-state index contributed by atoms with van der Waals surface area (Å²) in [4.78, 5) is 19.4. The largest absolute Gasteiger partial charge is 0.343 e. The van der Waals surface area contributed by atoms with E-state index < -0.39 is 25.9 Å². The average Bonchev–Trinajstić information content (AvgIpc) is 3.44. The SMILES string of the molecule is O=C([C@@H]1CCCN1C1=NS(=O)(=O)c2ccccc21)N1CCN(C2CCS(=O)(=O)C2)CC1. The van der Waals surface area contributed by atoms with Crippen LogP contribution in [0, 0.1) is 0 Å². The molecule has 4 heterocycles. The Bertz CT molecular complexity index is 1140. The van der Waals surface area contributed by atoms with E-state index in [1.807, 2.05) is 9.80 Å². The first-order valence-electron chi connectivity index (χ1n) is 10.7. The van der Waals surface area contributed by atoms with Crippen LogP contribution in [0.2, 0.25) is 0 Å². The number of carbonyl (C=O) groups excluding carboxylic acids is 1. The number of amides is 1. The fourth-order valence-corrected chi connectivity index (χ4v) is 8.13. The molecule has 0 aromatic heterocycles. The first kappa shape index (κ1) is 20.9. The minimum atomic E-state index is -3.73. The standard InChI is InChI=1S/C20H26N4O5S2/c25-20(23-11-9-22(10-12-23)15-7-13-30(26,27)14-15)17-5-3-8-24(17)19-16-4-1-2-6-18(16)31(28,29)21-19/h1-2,4,6,15,17H,3,5,7-14H2/t15?,17-/m0/s1. The molecule has 31 heavy (non-hydrogen) atoms. The monoisotopic (exact) mass is 466 g/mol. The highest BCUT2D eigenvalue weighted by atomic mass is 32.2. The second kappa shape index (κ2) is 7.56. The van der Waals surface area contributed by atoms with Gasteiger partial charge in [-0.2, -0.15) is 8.42 Å². The maximum Gasteiger partial charge on any atom is 0.285 e. The van der Waals surface area contributed by atoms with Crippen LogP contribution in [-0.2, 0) is 24.7 Å². The van der Waals surface area contributed by atoms with Gasteiger partial charge < -0.3 is 9.80 Å². The summed E-state index contributed by atoms with van der Waals surface area (Å²) in [5.41, 5.74) is 0.564. The van der Waals surface area contributed by atoms with Crippen molar-refractivity contribution in [2.75, 3.05) is 44.2 Å². The molecule has 3 fully saturated rings. The van der Waals surface area contributed by atoms with Gasteiger partial charge in [-0.25, -0.2) is 8.42 Å². The number of amidine groups is 1. The summed E-state index contributed by atoms with van der Waals surface area (Å²) in [7, 11) is -6.66. The molecule has 3 saturated heterocycles.